The quantitative estimate of drug-likeness (QED) is 0.0532. The van der Waals surface area contributed by atoms with Crippen LogP contribution < -0.4 is 0 Å². The van der Waals surface area contributed by atoms with Crippen molar-refractivity contribution < 1.29 is 29.7 Å². The van der Waals surface area contributed by atoms with Crippen molar-refractivity contribution in [1.29, 1.82) is 0 Å². The van der Waals surface area contributed by atoms with Gasteiger partial charge in [0.25, 0.3) is 0 Å². The first-order valence-electron chi connectivity index (χ1n) is 29.9. The van der Waals surface area contributed by atoms with E-state index in [-0.39, 0.29) is 19.3 Å². The Balaban J connectivity index is -0.000000141. The van der Waals surface area contributed by atoms with Crippen LogP contribution in [0.2, 0.25) is 0 Å². The number of aliphatic carboxylic acids is 3. The smallest absolute Gasteiger partial charge is 0.307 e. The number of hydrogen-bond acceptors (Lipinski definition) is 3. The van der Waals surface area contributed by atoms with Crippen molar-refractivity contribution in [3.63, 3.8) is 0 Å². The van der Waals surface area contributed by atoms with Crippen LogP contribution in [0.3, 0.4) is 0 Å². The zero-order valence-corrected chi connectivity index (χ0v) is 49.2. The summed E-state index contributed by atoms with van der Waals surface area (Å²) in [4.78, 5) is 35.9. The van der Waals surface area contributed by atoms with Crippen LogP contribution >= 0.6 is 0 Å². The monoisotopic (exact) mass is 959 g/mol. The lowest BCUT2D eigenvalue weighted by Crippen LogP contribution is -2.52. The van der Waals surface area contributed by atoms with Crippen molar-refractivity contribution in [3.05, 3.63) is 0 Å². The fourth-order valence-electron chi connectivity index (χ4n) is 8.52. The molecule has 3 unspecified atom stereocenters. The first kappa shape index (κ1) is 79.5. The summed E-state index contributed by atoms with van der Waals surface area (Å²) in [5.41, 5.74) is -1.28. The van der Waals surface area contributed by atoms with Crippen LogP contribution in [0.15, 0.2) is 0 Å². The van der Waals surface area contributed by atoms with Crippen LogP contribution in [0.25, 0.3) is 0 Å². The van der Waals surface area contributed by atoms with E-state index in [0.29, 0.717) is 12.8 Å². The lowest BCUT2D eigenvalue weighted by atomic mass is 9.55. The van der Waals surface area contributed by atoms with E-state index in [2.05, 4.69) is 90.0 Å². The van der Waals surface area contributed by atoms with Gasteiger partial charge >= 0.3 is 17.9 Å². The van der Waals surface area contributed by atoms with E-state index in [9.17, 15) is 29.7 Å². The molecule has 6 nitrogen and oxygen atoms in total. The van der Waals surface area contributed by atoms with E-state index in [1.807, 2.05) is 0 Å². The largest absolute Gasteiger partial charge is 0.481 e. The molecule has 0 heterocycles. The molecule has 0 aromatic rings. The number of carboxylic acid groups (broad SMARTS) is 3. The van der Waals surface area contributed by atoms with Crippen molar-refractivity contribution in [2.24, 2.45) is 23.2 Å². The molecule has 410 valence electrons. The van der Waals surface area contributed by atoms with Gasteiger partial charge in [-0.05, 0) is 25.7 Å². The van der Waals surface area contributed by atoms with Crippen LogP contribution in [0.4, 0.5) is 0 Å². The molecule has 0 amide bonds. The van der Waals surface area contributed by atoms with Gasteiger partial charge in [-0.1, -0.05) is 329 Å². The van der Waals surface area contributed by atoms with Gasteiger partial charge in [0.1, 0.15) is 0 Å². The molecule has 0 bridgehead atoms. The number of hydrogen-bond donors (Lipinski definition) is 3. The van der Waals surface area contributed by atoms with Gasteiger partial charge in [-0.2, -0.15) is 0 Å². The molecule has 0 aliphatic heterocycles. The third kappa shape index (κ3) is 58.6. The summed E-state index contributed by atoms with van der Waals surface area (Å²) in [6, 6.07) is 0. The predicted octanol–water partition coefficient (Wildman–Crippen LogP) is 22.1. The summed E-state index contributed by atoms with van der Waals surface area (Å²) < 4.78 is 0. The molecule has 0 aromatic carbocycles. The van der Waals surface area contributed by atoms with Gasteiger partial charge in [0, 0.05) is 5.41 Å². The molecule has 3 N–H and O–H groups in total. The molecule has 0 saturated heterocycles. The van der Waals surface area contributed by atoms with Gasteiger partial charge in [0.05, 0.1) is 17.8 Å². The number of rotatable bonds is 38. The Bertz CT molecular complexity index is 732. The first-order chi connectivity index (χ1) is 32.2. The van der Waals surface area contributed by atoms with E-state index in [0.717, 1.165) is 19.3 Å². The average molecular weight is 960 g/mol. The Morgan fingerprint density at radius 1 is 0.254 bits per heavy atom. The highest BCUT2D eigenvalue weighted by Gasteiger charge is 2.56. The first-order valence-corrected chi connectivity index (χ1v) is 29.9. The van der Waals surface area contributed by atoms with Gasteiger partial charge in [-0.15, -0.1) is 0 Å². The Hall–Kier alpha value is -1.59. The molecule has 0 aromatic heterocycles. The molecule has 0 rings (SSSR count). The van der Waals surface area contributed by atoms with Crippen molar-refractivity contribution in [3.8, 4) is 0 Å². The van der Waals surface area contributed by atoms with E-state index in [4.69, 9.17) is 0 Å². The van der Waals surface area contributed by atoms with Gasteiger partial charge < -0.3 is 15.3 Å². The highest BCUT2D eigenvalue weighted by Crippen LogP contribution is 2.52. The second-order valence-corrected chi connectivity index (χ2v) is 19.2. The zero-order chi connectivity index (χ0) is 52.8. The van der Waals surface area contributed by atoms with Crippen molar-refractivity contribution in [2.75, 3.05) is 0 Å². The standard InChI is InChI=1S/C19H34O6.6C7H16/c1-5-9-10-11-12-19(13(6-2)16(20)21,14(7-3)17(22)23)15(8-4)18(24)25;6*1-3-5-7-6-4-2/h13-15H,5-12H2,1-4H3,(H,20,21)(H,22,23)(H,24,25);6*3-7H2,1-2H3. The predicted molar refractivity (Wildman–Crippen MR) is 302 cm³/mol. The number of unbranched alkanes of at least 4 members (excludes halogenated alkanes) is 27. The minimum absolute atomic E-state index is 0.219. The molecule has 67 heavy (non-hydrogen) atoms. The second-order valence-electron chi connectivity index (χ2n) is 19.2. The van der Waals surface area contributed by atoms with Crippen LogP contribution in [0.5, 0.6) is 0 Å². The molecule has 6 heteroatoms. The van der Waals surface area contributed by atoms with Crippen molar-refractivity contribution in [2.45, 2.75) is 355 Å². The maximum atomic E-state index is 12.0. The normalized spacial score (nSPS) is 12.4. The fourth-order valence-corrected chi connectivity index (χ4v) is 8.52. The summed E-state index contributed by atoms with van der Waals surface area (Å²) in [5.74, 6) is -6.27. The molecule has 0 fully saturated rings. The van der Waals surface area contributed by atoms with Crippen LogP contribution in [0.1, 0.15) is 355 Å². The maximum absolute atomic E-state index is 12.0. The molecule has 0 spiro atoms. The Morgan fingerprint density at radius 3 is 0.493 bits per heavy atom. The van der Waals surface area contributed by atoms with E-state index >= 15 is 0 Å². The van der Waals surface area contributed by atoms with E-state index in [1.165, 1.54) is 193 Å². The molecular weight excluding hydrogens is 829 g/mol. The third-order valence-electron chi connectivity index (χ3n) is 12.8. The van der Waals surface area contributed by atoms with Gasteiger partial charge in [0.15, 0.2) is 0 Å². The molecule has 0 saturated carbocycles. The van der Waals surface area contributed by atoms with Crippen LogP contribution in [-0.4, -0.2) is 33.2 Å². The van der Waals surface area contributed by atoms with E-state index < -0.39 is 41.1 Å². The van der Waals surface area contributed by atoms with Crippen molar-refractivity contribution in [1.82, 2.24) is 0 Å². The Kier molecular flexibility index (Phi) is 84.2. The Morgan fingerprint density at radius 2 is 0.388 bits per heavy atom. The minimum atomic E-state index is -1.28. The molecular formula is C61H130O6. The molecule has 0 aliphatic rings. The number of carboxylic acids is 3. The topological polar surface area (TPSA) is 112 Å². The Labute approximate surface area is 424 Å². The minimum Gasteiger partial charge on any atom is -0.481 e. The zero-order valence-electron chi connectivity index (χ0n) is 49.2. The van der Waals surface area contributed by atoms with Gasteiger partial charge in [-0.3, -0.25) is 14.4 Å². The summed E-state index contributed by atoms with van der Waals surface area (Å²) in [6.45, 7) is 34.1. The molecule has 3 atom stereocenters. The third-order valence-corrected chi connectivity index (χ3v) is 12.8. The van der Waals surface area contributed by atoms with Crippen molar-refractivity contribution >= 4 is 17.9 Å². The molecule has 0 aliphatic carbocycles. The van der Waals surface area contributed by atoms with Gasteiger partial charge in [-0.25, -0.2) is 0 Å². The lowest BCUT2D eigenvalue weighted by Gasteiger charge is -2.46. The van der Waals surface area contributed by atoms with Crippen LogP contribution in [-0.2, 0) is 14.4 Å². The summed E-state index contributed by atoms with van der Waals surface area (Å²) in [5, 5.41) is 29.3. The van der Waals surface area contributed by atoms with E-state index in [1.54, 1.807) is 20.8 Å². The van der Waals surface area contributed by atoms with Gasteiger partial charge in [0.2, 0.25) is 0 Å². The average Bonchev–Trinajstić information content (AvgIpc) is 3.30. The second kappa shape index (κ2) is 71.0. The lowest BCUT2D eigenvalue weighted by molar-refractivity contribution is -0.170. The summed E-state index contributed by atoms with van der Waals surface area (Å²) in [7, 11) is 0. The molecule has 0 radical (unpaired) electrons. The SMILES string of the molecule is CCCCCCC.CCCCCCC.CCCCCCC.CCCCCCC.CCCCCCC.CCCCCCC.CCCCCCC(C(CC)C(=O)O)(C(CC)C(=O)O)C(CC)C(=O)O. The maximum Gasteiger partial charge on any atom is 0.307 e. The summed E-state index contributed by atoms with van der Waals surface area (Å²) >= 11 is 0. The fraction of sp³-hybridized carbons (Fsp3) is 0.951. The highest BCUT2D eigenvalue weighted by molar-refractivity contribution is 5.80. The highest BCUT2D eigenvalue weighted by atomic mass is 16.4. The van der Waals surface area contributed by atoms with Crippen LogP contribution in [0, 0.1) is 23.2 Å². The number of carbonyl (C=O) groups is 3. The summed E-state index contributed by atoms with van der Waals surface area (Å²) in [6.07, 6.45) is 46.5.